The van der Waals surface area contributed by atoms with E-state index in [1.165, 1.54) is 12.1 Å². The summed E-state index contributed by atoms with van der Waals surface area (Å²) in [4.78, 5) is 9.23. The number of aliphatic imine (C=N–C) groups is 1. The van der Waals surface area contributed by atoms with Gasteiger partial charge in [0.25, 0.3) is 0 Å². The van der Waals surface area contributed by atoms with Gasteiger partial charge in [0.15, 0.2) is 11.8 Å². The molecule has 0 atom stereocenters. The minimum atomic E-state index is -0.250. The van der Waals surface area contributed by atoms with E-state index in [0.717, 1.165) is 10.5 Å². The molecule has 118 valence electrons. The van der Waals surface area contributed by atoms with E-state index in [0.29, 0.717) is 30.8 Å². The average molecular weight is 323 g/mol. The molecule has 2 aromatic rings. The Morgan fingerprint density at radius 2 is 2.14 bits per heavy atom. The number of thioether (sulfide) groups is 1. The van der Waals surface area contributed by atoms with Gasteiger partial charge >= 0.3 is 0 Å². The summed E-state index contributed by atoms with van der Waals surface area (Å²) in [5.74, 6) is 1.40. The topological polar surface area (TPSA) is 75.3 Å². The van der Waals surface area contributed by atoms with Crippen LogP contribution >= 0.6 is 11.8 Å². The van der Waals surface area contributed by atoms with Crippen LogP contribution in [0.15, 0.2) is 32.6 Å². The molecule has 0 aliphatic heterocycles. The molecular weight excluding hydrogens is 305 g/mol. The number of hydrogen-bond donors (Lipinski definition) is 2. The highest BCUT2D eigenvalue weighted by Gasteiger charge is 2.06. The fraction of sp³-hybridized carbons (Fsp3) is 0.357. The van der Waals surface area contributed by atoms with Gasteiger partial charge in [-0.15, -0.1) is 11.8 Å². The standard InChI is InChI=1S/C14H18FN5OS/c1-9-19-13(20-21-9)8-18-14(16-2)17-7-10-6-11(15)4-5-12(10)22-3/h4-6H,7-8H2,1-3H3,(H2,16,17,18). The minimum Gasteiger partial charge on any atom is -0.352 e. The van der Waals surface area contributed by atoms with Gasteiger partial charge in [-0.25, -0.2) is 4.39 Å². The third-order valence-corrected chi connectivity index (χ3v) is 3.73. The van der Waals surface area contributed by atoms with Crippen LogP contribution in [0.1, 0.15) is 17.3 Å². The second kappa shape index (κ2) is 7.79. The predicted octanol–water partition coefficient (Wildman–Crippen LogP) is 2.10. The fourth-order valence-electron chi connectivity index (χ4n) is 1.86. The zero-order valence-corrected chi connectivity index (χ0v) is 13.5. The van der Waals surface area contributed by atoms with Crippen molar-refractivity contribution in [2.45, 2.75) is 24.9 Å². The maximum atomic E-state index is 13.4. The maximum Gasteiger partial charge on any atom is 0.223 e. The summed E-state index contributed by atoms with van der Waals surface area (Å²) in [5.41, 5.74) is 0.880. The quantitative estimate of drug-likeness (QED) is 0.499. The smallest absolute Gasteiger partial charge is 0.223 e. The van der Waals surface area contributed by atoms with E-state index in [2.05, 4.69) is 25.8 Å². The summed E-state index contributed by atoms with van der Waals surface area (Å²) in [5, 5.41) is 10.0. The van der Waals surface area contributed by atoms with Crippen LogP contribution in [-0.2, 0) is 13.1 Å². The van der Waals surface area contributed by atoms with E-state index in [9.17, 15) is 4.39 Å². The van der Waals surface area contributed by atoms with Gasteiger partial charge in [-0.3, -0.25) is 4.99 Å². The van der Waals surface area contributed by atoms with Crippen LogP contribution in [0, 0.1) is 12.7 Å². The highest BCUT2D eigenvalue weighted by Crippen LogP contribution is 2.21. The van der Waals surface area contributed by atoms with E-state index in [-0.39, 0.29) is 5.82 Å². The van der Waals surface area contributed by atoms with Gasteiger partial charge < -0.3 is 15.2 Å². The third-order valence-electron chi connectivity index (χ3n) is 2.90. The highest BCUT2D eigenvalue weighted by atomic mass is 32.2. The van der Waals surface area contributed by atoms with Gasteiger partial charge in [0.05, 0.1) is 6.54 Å². The zero-order valence-electron chi connectivity index (χ0n) is 12.7. The normalized spacial score (nSPS) is 11.5. The van der Waals surface area contributed by atoms with Gasteiger partial charge in [0.2, 0.25) is 5.89 Å². The molecule has 0 fully saturated rings. The maximum absolute atomic E-state index is 13.4. The summed E-state index contributed by atoms with van der Waals surface area (Å²) in [6.07, 6.45) is 1.96. The molecule has 0 aliphatic carbocycles. The van der Waals surface area contributed by atoms with Gasteiger partial charge in [-0.1, -0.05) is 5.16 Å². The number of benzene rings is 1. The van der Waals surface area contributed by atoms with Gasteiger partial charge in [-0.05, 0) is 30.0 Å². The number of rotatable bonds is 5. The lowest BCUT2D eigenvalue weighted by molar-refractivity contribution is 0.387. The Hall–Kier alpha value is -2.09. The van der Waals surface area contributed by atoms with Crippen molar-refractivity contribution < 1.29 is 8.91 Å². The first-order valence-corrected chi connectivity index (χ1v) is 7.91. The molecule has 1 aromatic carbocycles. The van der Waals surface area contributed by atoms with E-state index < -0.39 is 0 Å². The van der Waals surface area contributed by atoms with Crippen LogP contribution < -0.4 is 10.6 Å². The highest BCUT2D eigenvalue weighted by molar-refractivity contribution is 7.98. The second-order valence-electron chi connectivity index (χ2n) is 4.47. The largest absolute Gasteiger partial charge is 0.352 e. The first kappa shape index (κ1) is 16.3. The van der Waals surface area contributed by atoms with Crippen molar-refractivity contribution in [3.63, 3.8) is 0 Å². The van der Waals surface area contributed by atoms with Crippen molar-refractivity contribution in [2.75, 3.05) is 13.3 Å². The molecule has 0 aliphatic rings. The summed E-state index contributed by atoms with van der Waals surface area (Å²) in [7, 11) is 1.66. The molecule has 0 spiro atoms. The number of guanidine groups is 1. The monoisotopic (exact) mass is 323 g/mol. The zero-order chi connectivity index (χ0) is 15.9. The molecule has 0 saturated heterocycles. The molecule has 1 heterocycles. The van der Waals surface area contributed by atoms with Gasteiger partial charge in [-0.2, -0.15) is 4.98 Å². The van der Waals surface area contributed by atoms with Crippen LogP contribution in [0.25, 0.3) is 0 Å². The van der Waals surface area contributed by atoms with Crippen LogP contribution in [0.4, 0.5) is 4.39 Å². The first-order chi connectivity index (χ1) is 10.6. The van der Waals surface area contributed by atoms with Crippen molar-refractivity contribution in [1.29, 1.82) is 0 Å². The number of aryl methyl sites for hydroxylation is 1. The number of aromatic nitrogens is 2. The summed E-state index contributed by atoms with van der Waals surface area (Å²) >= 11 is 1.58. The molecular formula is C14H18FN5OS. The van der Waals surface area contributed by atoms with Crippen LogP contribution in [0.5, 0.6) is 0 Å². The molecule has 6 nitrogen and oxygen atoms in total. The van der Waals surface area contributed by atoms with Crippen LogP contribution in [0.3, 0.4) is 0 Å². The second-order valence-corrected chi connectivity index (χ2v) is 5.31. The van der Waals surface area contributed by atoms with Crippen molar-refractivity contribution in [2.24, 2.45) is 4.99 Å². The van der Waals surface area contributed by atoms with Crippen molar-refractivity contribution in [3.8, 4) is 0 Å². The van der Waals surface area contributed by atoms with E-state index in [1.807, 2.05) is 6.26 Å². The Balaban J connectivity index is 1.92. The van der Waals surface area contributed by atoms with Crippen molar-refractivity contribution >= 4 is 17.7 Å². The molecule has 22 heavy (non-hydrogen) atoms. The van der Waals surface area contributed by atoms with E-state index >= 15 is 0 Å². The lowest BCUT2D eigenvalue weighted by Crippen LogP contribution is -2.36. The number of nitrogens with zero attached hydrogens (tertiary/aromatic N) is 3. The Morgan fingerprint density at radius 3 is 2.77 bits per heavy atom. The number of nitrogens with one attached hydrogen (secondary N) is 2. The Morgan fingerprint density at radius 1 is 1.36 bits per heavy atom. The minimum absolute atomic E-state index is 0.250. The summed E-state index contributed by atoms with van der Waals surface area (Å²) in [6, 6.07) is 4.75. The number of halogens is 1. The predicted molar refractivity (Wildman–Crippen MR) is 84.3 cm³/mol. The molecule has 0 unspecified atom stereocenters. The van der Waals surface area contributed by atoms with Crippen molar-refractivity contribution in [3.05, 3.63) is 41.3 Å². The third kappa shape index (κ3) is 4.45. The fourth-order valence-corrected chi connectivity index (χ4v) is 2.46. The Bertz CT molecular complexity index is 658. The van der Waals surface area contributed by atoms with Crippen LogP contribution in [-0.4, -0.2) is 29.4 Å². The van der Waals surface area contributed by atoms with Gasteiger partial charge in [0, 0.05) is 25.4 Å². The molecule has 2 rings (SSSR count). The molecule has 0 radical (unpaired) electrons. The molecule has 0 amide bonds. The lowest BCUT2D eigenvalue weighted by atomic mass is 10.2. The molecule has 8 heteroatoms. The van der Waals surface area contributed by atoms with Crippen molar-refractivity contribution in [1.82, 2.24) is 20.8 Å². The summed E-state index contributed by atoms with van der Waals surface area (Å²) < 4.78 is 18.2. The van der Waals surface area contributed by atoms with Gasteiger partial charge in [0.1, 0.15) is 5.82 Å². The molecule has 2 N–H and O–H groups in total. The van der Waals surface area contributed by atoms with E-state index in [4.69, 9.17) is 4.52 Å². The SMILES string of the molecule is CN=C(NCc1noc(C)n1)NCc1cc(F)ccc1SC. The Labute approximate surface area is 132 Å². The molecule has 0 bridgehead atoms. The lowest BCUT2D eigenvalue weighted by Gasteiger charge is -2.12. The number of hydrogen-bond acceptors (Lipinski definition) is 5. The van der Waals surface area contributed by atoms with Crippen LogP contribution in [0.2, 0.25) is 0 Å². The molecule has 1 aromatic heterocycles. The summed E-state index contributed by atoms with van der Waals surface area (Å²) in [6.45, 7) is 2.60. The Kier molecular flexibility index (Phi) is 5.76. The van der Waals surface area contributed by atoms with E-state index in [1.54, 1.807) is 31.8 Å². The average Bonchev–Trinajstić information content (AvgIpc) is 2.93. The first-order valence-electron chi connectivity index (χ1n) is 6.68. The molecule has 0 saturated carbocycles.